The zero-order valence-electron chi connectivity index (χ0n) is 17.9. The van der Waals surface area contributed by atoms with E-state index in [4.69, 9.17) is 4.74 Å². The summed E-state index contributed by atoms with van der Waals surface area (Å²) in [5.74, 6) is 0.287. The number of hydrogen-bond donors (Lipinski definition) is 3. The van der Waals surface area contributed by atoms with Crippen LogP contribution >= 0.6 is 0 Å². The lowest BCUT2D eigenvalue weighted by Gasteiger charge is -2.62. The summed E-state index contributed by atoms with van der Waals surface area (Å²) >= 11 is 0. The van der Waals surface area contributed by atoms with Crippen molar-refractivity contribution in [3.63, 3.8) is 0 Å². The zero-order valence-corrected chi connectivity index (χ0v) is 17.9. The molecule has 0 spiro atoms. The van der Waals surface area contributed by atoms with E-state index in [0.29, 0.717) is 18.8 Å². The summed E-state index contributed by atoms with van der Waals surface area (Å²) in [5.41, 5.74) is -2.24. The Kier molecular flexibility index (Phi) is 5.15. The van der Waals surface area contributed by atoms with Crippen molar-refractivity contribution in [2.75, 3.05) is 6.61 Å². The standard InChI is InChI=1S/C23H36O6/c1-13(25)29-15-6-8-21(2)14(10-15)4-5-16-17-7-9-23(28,19(27)12-24)22(17,3)11-18(26)20(16)21/h14-18,20,24,26,28H,4-12H2,1-3H3. The fourth-order valence-corrected chi connectivity index (χ4v) is 8.28. The molecule has 4 saturated carbocycles. The van der Waals surface area contributed by atoms with E-state index in [9.17, 15) is 24.9 Å². The van der Waals surface area contributed by atoms with E-state index in [1.165, 1.54) is 6.92 Å². The normalized spacial score (nSPS) is 51.5. The SMILES string of the molecule is CC(=O)OC1CCC2(C)C(CCC3C2C(O)CC2(C)C3CCC2(O)C(=O)CO)C1. The number of ketones is 1. The van der Waals surface area contributed by atoms with Crippen LogP contribution in [0.1, 0.15) is 72.1 Å². The first-order valence-electron chi connectivity index (χ1n) is 11.3. The molecule has 0 saturated heterocycles. The van der Waals surface area contributed by atoms with E-state index in [1.54, 1.807) is 0 Å². The van der Waals surface area contributed by atoms with Crippen LogP contribution in [0.2, 0.25) is 0 Å². The van der Waals surface area contributed by atoms with Gasteiger partial charge in [-0.15, -0.1) is 0 Å². The van der Waals surface area contributed by atoms with Crippen molar-refractivity contribution >= 4 is 11.8 Å². The lowest BCUT2D eigenvalue weighted by atomic mass is 9.43. The summed E-state index contributed by atoms with van der Waals surface area (Å²) in [5, 5.41) is 32.1. The summed E-state index contributed by atoms with van der Waals surface area (Å²) in [6.45, 7) is 5.06. The lowest BCUT2D eigenvalue weighted by molar-refractivity contribution is -0.204. The molecule has 6 heteroatoms. The predicted octanol–water partition coefficient (Wildman–Crippen LogP) is 2.22. The maximum atomic E-state index is 12.5. The third kappa shape index (κ3) is 2.93. The number of aliphatic hydroxyl groups is 3. The second kappa shape index (κ2) is 7.03. The first kappa shape index (κ1) is 21.3. The van der Waals surface area contributed by atoms with Crippen molar-refractivity contribution in [2.45, 2.75) is 89.9 Å². The molecule has 4 aliphatic carbocycles. The Hall–Kier alpha value is -0.980. The zero-order chi connectivity index (χ0) is 21.2. The number of Topliss-reactive ketones (excluding diaryl/α,β-unsaturated/α-hetero) is 1. The molecule has 4 aliphatic rings. The van der Waals surface area contributed by atoms with Crippen molar-refractivity contribution in [1.82, 2.24) is 0 Å². The largest absolute Gasteiger partial charge is 0.463 e. The number of fused-ring (bicyclic) bond motifs is 5. The molecule has 0 aromatic rings. The first-order valence-corrected chi connectivity index (χ1v) is 11.3. The van der Waals surface area contributed by atoms with Crippen molar-refractivity contribution in [3.05, 3.63) is 0 Å². The molecule has 0 radical (unpaired) electrons. The van der Waals surface area contributed by atoms with Crippen molar-refractivity contribution in [1.29, 1.82) is 0 Å². The van der Waals surface area contributed by atoms with Gasteiger partial charge in [-0.2, -0.15) is 0 Å². The fraction of sp³-hybridized carbons (Fsp3) is 0.913. The van der Waals surface area contributed by atoms with Gasteiger partial charge in [0.15, 0.2) is 5.78 Å². The molecular weight excluding hydrogens is 372 g/mol. The van der Waals surface area contributed by atoms with Crippen LogP contribution in [0.5, 0.6) is 0 Å². The van der Waals surface area contributed by atoms with Gasteiger partial charge in [0.2, 0.25) is 0 Å². The Balaban J connectivity index is 1.61. The summed E-state index contributed by atoms with van der Waals surface area (Å²) < 4.78 is 5.50. The van der Waals surface area contributed by atoms with Gasteiger partial charge in [0, 0.05) is 12.3 Å². The first-order chi connectivity index (χ1) is 13.6. The molecule has 0 aliphatic heterocycles. The molecule has 29 heavy (non-hydrogen) atoms. The Morgan fingerprint density at radius 1 is 1.10 bits per heavy atom. The van der Waals surface area contributed by atoms with Crippen LogP contribution in [0.4, 0.5) is 0 Å². The number of carbonyl (C=O) groups excluding carboxylic acids is 2. The van der Waals surface area contributed by atoms with Gasteiger partial charge in [0.25, 0.3) is 0 Å². The highest BCUT2D eigenvalue weighted by molar-refractivity contribution is 5.89. The number of ether oxygens (including phenoxy) is 1. The van der Waals surface area contributed by atoms with Gasteiger partial charge in [-0.25, -0.2) is 0 Å². The van der Waals surface area contributed by atoms with Gasteiger partial charge in [0.05, 0.1) is 6.10 Å². The molecule has 0 aromatic carbocycles. The van der Waals surface area contributed by atoms with Crippen molar-refractivity contribution < 1.29 is 29.6 Å². The van der Waals surface area contributed by atoms with Gasteiger partial charge in [-0.05, 0) is 80.5 Å². The number of rotatable bonds is 3. The molecule has 0 bridgehead atoms. The highest BCUT2D eigenvalue weighted by Crippen LogP contribution is 2.68. The van der Waals surface area contributed by atoms with E-state index < -0.39 is 29.5 Å². The Bertz CT molecular complexity index is 693. The van der Waals surface area contributed by atoms with Gasteiger partial charge >= 0.3 is 5.97 Å². The summed E-state index contributed by atoms with van der Waals surface area (Å²) in [4.78, 5) is 23.9. The van der Waals surface area contributed by atoms with E-state index >= 15 is 0 Å². The van der Waals surface area contributed by atoms with E-state index in [-0.39, 0.29) is 35.2 Å². The molecule has 4 rings (SSSR count). The van der Waals surface area contributed by atoms with E-state index in [1.807, 2.05) is 6.92 Å². The van der Waals surface area contributed by atoms with Crippen LogP contribution in [-0.4, -0.2) is 51.5 Å². The highest BCUT2D eigenvalue weighted by atomic mass is 16.5. The quantitative estimate of drug-likeness (QED) is 0.619. The Morgan fingerprint density at radius 2 is 1.83 bits per heavy atom. The third-order valence-corrected chi connectivity index (χ3v) is 9.64. The van der Waals surface area contributed by atoms with Crippen LogP contribution < -0.4 is 0 Å². The minimum atomic E-state index is -1.54. The summed E-state index contributed by atoms with van der Waals surface area (Å²) in [6.07, 6.45) is 5.56. The molecule has 3 N–H and O–H groups in total. The maximum absolute atomic E-state index is 12.5. The lowest BCUT2D eigenvalue weighted by Crippen LogP contribution is -2.63. The molecule has 6 nitrogen and oxygen atoms in total. The predicted molar refractivity (Wildman–Crippen MR) is 106 cm³/mol. The van der Waals surface area contributed by atoms with Gasteiger partial charge in [-0.3, -0.25) is 9.59 Å². The van der Waals surface area contributed by atoms with Crippen LogP contribution in [0.3, 0.4) is 0 Å². The smallest absolute Gasteiger partial charge is 0.302 e. The Labute approximate surface area is 173 Å². The fourth-order valence-electron chi connectivity index (χ4n) is 8.28. The third-order valence-electron chi connectivity index (χ3n) is 9.64. The topological polar surface area (TPSA) is 104 Å². The van der Waals surface area contributed by atoms with Crippen LogP contribution in [-0.2, 0) is 14.3 Å². The molecule has 4 fully saturated rings. The molecule has 9 unspecified atom stereocenters. The molecule has 164 valence electrons. The number of carbonyl (C=O) groups is 2. The molecular formula is C23H36O6. The Morgan fingerprint density at radius 3 is 2.48 bits per heavy atom. The second-order valence-electron chi connectivity index (χ2n) is 10.8. The second-order valence-corrected chi connectivity index (χ2v) is 10.8. The number of esters is 1. The number of hydrogen-bond acceptors (Lipinski definition) is 6. The molecule has 0 aromatic heterocycles. The van der Waals surface area contributed by atoms with E-state index in [2.05, 4.69) is 6.92 Å². The summed E-state index contributed by atoms with van der Waals surface area (Å²) in [6, 6.07) is 0. The highest BCUT2D eigenvalue weighted by Gasteiger charge is 2.68. The molecule has 9 atom stereocenters. The monoisotopic (exact) mass is 408 g/mol. The van der Waals surface area contributed by atoms with Crippen LogP contribution in [0.15, 0.2) is 0 Å². The van der Waals surface area contributed by atoms with Crippen LogP contribution in [0.25, 0.3) is 0 Å². The number of aliphatic hydroxyl groups excluding tert-OH is 2. The van der Waals surface area contributed by atoms with Gasteiger partial charge in [-0.1, -0.05) is 13.8 Å². The van der Waals surface area contributed by atoms with Crippen molar-refractivity contribution in [3.8, 4) is 0 Å². The minimum absolute atomic E-state index is 0.0119. The van der Waals surface area contributed by atoms with Gasteiger partial charge in [0.1, 0.15) is 18.3 Å². The van der Waals surface area contributed by atoms with Crippen LogP contribution in [0, 0.1) is 34.5 Å². The van der Waals surface area contributed by atoms with Crippen molar-refractivity contribution in [2.24, 2.45) is 34.5 Å². The summed E-state index contributed by atoms with van der Waals surface area (Å²) in [7, 11) is 0. The average Bonchev–Trinajstić information content (AvgIpc) is 2.92. The maximum Gasteiger partial charge on any atom is 0.302 e. The van der Waals surface area contributed by atoms with E-state index in [0.717, 1.165) is 38.5 Å². The molecule has 0 amide bonds. The van der Waals surface area contributed by atoms with Gasteiger partial charge < -0.3 is 20.1 Å². The average molecular weight is 409 g/mol. The molecule has 0 heterocycles. The minimum Gasteiger partial charge on any atom is -0.463 e.